The molecule has 2 heteroatoms. The molecule has 2 nitrogen and oxygen atoms in total. The van der Waals surface area contributed by atoms with Crippen LogP contribution in [-0.4, -0.2) is 12.2 Å². The lowest BCUT2D eigenvalue weighted by molar-refractivity contribution is 0.225. The molecule has 0 saturated carbocycles. The topological polar surface area (TPSA) is 18.5 Å². The first kappa shape index (κ1) is 9.08. The van der Waals surface area contributed by atoms with E-state index in [0.29, 0.717) is 12.2 Å². The summed E-state index contributed by atoms with van der Waals surface area (Å²) in [5, 5.41) is 0. The van der Waals surface area contributed by atoms with Gasteiger partial charge in [0, 0.05) is 18.9 Å². The van der Waals surface area contributed by atoms with Crippen molar-refractivity contribution in [3.63, 3.8) is 0 Å². The minimum Gasteiger partial charge on any atom is -0.490 e. The van der Waals surface area contributed by atoms with E-state index in [9.17, 15) is 0 Å². The first-order valence-corrected chi connectivity index (χ1v) is 5.75. The van der Waals surface area contributed by atoms with Gasteiger partial charge < -0.3 is 9.47 Å². The van der Waals surface area contributed by atoms with Gasteiger partial charge in [0.1, 0.15) is 23.7 Å². The molecular weight excluding hydrogens is 188 g/mol. The first-order chi connectivity index (χ1) is 7.26. The Morgan fingerprint density at radius 1 is 1.13 bits per heavy atom. The van der Waals surface area contributed by atoms with Gasteiger partial charge in [-0.15, -0.1) is 0 Å². The molecule has 0 amide bonds. The Morgan fingerprint density at radius 2 is 1.87 bits per heavy atom. The third-order valence-electron chi connectivity index (χ3n) is 3.28. The number of fused-ring (bicyclic) bond motifs is 2. The van der Waals surface area contributed by atoms with Crippen LogP contribution >= 0.6 is 0 Å². The Kier molecular flexibility index (Phi) is 1.91. The highest BCUT2D eigenvalue weighted by molar-refractivity contribution is 5.50. The molecule has 2 aliphatic heterocycles. The van der Waals surface area contributed by atoms with Crippen LogP contribution in [0.5, 0.6) is 11.5 Å². The summed E-state index contributed by atoms with van der Waals surface area (Å²) in [4.78, 5) is 0. The van der Waals surface area contributed by atoms with Crippen molar-refractivity contribution in [2.75, 3.05) is 0 Å². The second-order valence-electron chi connectivity index (χ2n) is 4.55. The average molecular weight is 204 g/mol. The predicted octanol–water partition coefficient (Wildman–Crippen LogP) is 2.72. The minimum atomic E-state index is 0.324. The van der Waals surface area contributed by atoms with Crippen LogP contribution in [0.25, 0.3) is 0 Å². The van der Waals surface area contributed by atoms with Crippen LogP contribution in [0.2, 0.25) is 0 Å². The Morgan fingerprint density at radius 3 is 2.67 bits per heavy atom. The molecule has 0 aromatic heterocycles. The maximum Gasteiger partial charge on any atom is 0.126 e. The minimum absolute atomic E-state index is 0.324. The van der Waals surface area contributed by atoms with E-state index in [1.54, 1.807) is 0 Å². The molecule has 2 aliphatic rings. The lowest BCUT2D eigenvalue weighted by Crippen LogP contribution is -2.10. The Balaban J connectivity index is 1.96. The van der Waals surface area contributed by atoms with E-state index >= 15 is 0 Å². The van der Waals surface area contributed by atoms with Crippen molar-refractivity contribution in [3.05, 3.63) is 23.3 Å². The monoisotopic (exact) mass is 204 g/mol. The van der Waals surface area contributed by atoms with E-state index in [0.717, 1.165) is 30.8 Å². The van der Waals surface area contributed by atoms with Crippen LogP contribution < -0.4 is 9.47 Å². The highest BCUT2D eigenvalue weighted by atomic mass is 16.5. The van der Waals surface area contributed by atoms with Crippen molar-refractivity contribution in [1.82, 2.24) is 0 Å². The third-order valence-corrected chi connectivity index (χ3v) is 3.28. The van der Waals surface area contributed by atoms with Gasteiger partial charge in [-0.1, -0.05) is 6.92 Å². The highest BCUT2D eigenvalue weighted by Gasteiger charge is 2.27. The molecule has 0 N–H and O–H groups in total. The molecular formula is C13H16O2. The van der Waals surface area contributed by atoms with Gasteiger partial charge in [-0.05, 0) is 30.5 Å². The van der Waals surface area contributed by atoms with Crippen molar-refractivity contribution in [2.45, 2.75) is 45.3 Å². The van der Waals surface area contributed by atoms with E-state index < -0.39 is 0 Å². The summed E-state index contributed by atoms with van der Waals surface area (Å²) in [6.45, 7) is 4.28. The van der Waals surface area contributed by atoms with E-state index in [1.165, 1.54) is 11.1 Å². The lowest BCUT2D eigenvalue weighted by atomic mass is 10.0. The van der Waals surface area contributed by atoms with Crippen molar-refractivity contribution in [1.29, 1.82) is 0 Å². The van der Waals surface area contributed by atoms with Crippen molar-refractivity contribution >= 4 is 0 Å². The molecule has 15 heavy (non-hydrogen) atoms. The molecule has 1 aromatic carbocycles. The molecule has 2 atom stereocenters. The number of ether oxygens (including phenoxy) is 2. The van der Waals surface area contributed by atoms with Crippen LogP contribution in [0.1, 0.15) is 31.4 Å². The third kappa shape index (κ3) is 1.39. The first-order valence-electron chi connectivity index (χ1n) is 5.75. The summed E-state index contributed by atoms with van der Waals surface area (Å²) in [6, 6.07) is 4.34. The molecule has 2 heterocycles. The van der Waals surface area contributed by atoms with Crippen LogP contribution in [0.15, 0.2) is 12.1 Å². The predicted molar refractivity (Wildman–Crippen MR) is 58.6 cm³/mol. The summed E-state index contributed by atoms with van der Waals surface area (Å²) >= 11 is 0. The number of hydrogen-bond acceptors (Lipinski definition) is 2. The summed E-state index contributed by atoms with van der Waals surface area (Å²) in [5.41, 5.74) is 2.71. The molecule has 2 unspecified atom stereocenters. The Labute approximate surface area is 90.2 Å². The molecule has 0 saturated heterocycles. The SMILES string of the molecule is CCC1Cc2cc3c(cc2O1)OC(C)C3. The maximum atomic E-state index is 5.84. The zero-order valence-corrected chi connectivity index (χ0v) is 9.25. The van der Waals surface area contributed by atoms with Crippen molar-refractivity contribution in [3.8, 4) is 11.5 Å². The molecule has 0 radical (unpaired) electrons. The van der Waals surface area contributed by atoms with Crippen LogP contribution in [0, 0.1) is 0 Å². The van der Waals surface area contributed by atoms with Crippen molar-refractivity contribution in [2.24, 2.45) is 0 Å². The molecule has 3 rings (SSSR count). The van der Waals surface area contributed by atoms with Crippen LogP contribution in [0.4, 0.5) is 0 Å². The second kappa shape index (κ2) is 3.16. The number of rotatable bonds is 1. The molecule has 1 aromatic rings. The fraction of sp³-hybridized carbons (Fsp3) is 0.538. The van der Waals surface area contributed by atoms with Crippen LogP contribution in [-0.2, 0) is 12.8 Å². The van der Waals surface area contributed by atoms with Gasteiger partial charge in [0.25, 0.3) is 0 Å². The zero-order valence-electron chi connectivity index (χ0n) is 9.25. The van der Waals surface area contributed by atoms with Crippen molar-refractivity contribution < 1.29 is 9.47 Å². The van der Waals surface area contributed by atoms with Gasteiger partial charge in [-0.3, -0.25) is 0 Å². The molecule has 0 fully saturated rings. The summed E-state index contributed by atoms with van der Waals surface area (Å²) in [5.74, 6) is 2.06. The number of benzene rings is 1. The fourth-order valence-corrected chi connectivity index (χ4v) is 2.46. The quantitative estimate of drug-likeness (QED) is 0.700. The average Bonchev–Trinajstić information content (AvgIpc) is 2.74. The van der Waals surface area contributed by atoms with Crippen LogP contribution in [0.3, 0.4) is 0 Å². The smallest absolute Gasteiger partial charge is 0.126 e. The van der Waals surface area contributed by atoms with Gasteiger partial charge >= 0.3 is 0 Å². The summed E-state index contributed by atoms with van der Waals surface area (Å²) in [6.07, 6.45) is 3.88. The summed E-state index contributed by atoms with van der Waals surface area (Å²) in [7, 11) is 0. The zero-order chi connectivity index (χ0) is 10.4. The van der Waals surface area contributed by atoms with Gasteiger partial charge in [0.05, 0.1) is 0 Å². The lowest BCUT2D eigenvalue weighted by Gasteiger charge is -2.07. The summed E-state index contributed by atoms with van der Waals surface area (Å²) < 4.78 is 11.6. The highest BCUT2D eigenvalue weighted by Crippen LogP contribution is 2.39. The Hall–Kier alpha value is -1.18. The van der Waals surface area contributed by atoms with Gasteiger partial charge in [0.2, 0.25) is 0 Å². The standard InChI is InChI=1S/C13H16O2/c1-3-11-6-10-5-9-4-8(2)14-12(9)7-13(10)15-11/h5,7-8,11H,3-4,6H2,1-2H3. The fourth-order valence-electron chi connectivity index (χ4n) is 2.46. The Bertz CT molecular complexity index is 363. The molecule has 80 valence electrons. The van der Waals surface area contributed by atoms with E-state index in [2.05, 4.69) is 26.0 Å². The van der Waals surface area contributed by atoms with E-state index in [4.69, 9.17) is 9.47 Å². The van der Waals surface area contributed by atoms with Gasteiger partial charge in [-0.2, -0.15) is 0 Å². The largest absolute Gasteiger partial charge is 0.490 e. The molecule has 0 spiro atoms. The second-order valence-corrected chi connectivity index (χ2v) is 4.55. The molecule has 0 bridgehead atoms. The van der Waals surface area contributed by atoms with Gasteiger partial charge in [-0.25, -0.2) is 0 Å². The van der Waals surface area contributed by atoms with Gasteiger partial charge in [0.15, 0.2) is 0 Å². The number of hydrogen-bond donors (Lipinski definition) is 0. The van der Waals surface area contributed by atoms with E-state index in [1.807, 2.05) is 0 Å². The normalized spacial score (nSPS) is 26.8. The van der Waals surface area contributed by atoms with E-state index in [-0.39, 0.29) is 0 Å². The molecule has 0 aliphatic carbocycles. The maximum absolute atomic E-state index is 5.84.